The van der Waals surface area contributed by atoms with E-state index in [-0.39, 0.29) is 18.8 Å². The first-order chi connectivity index (χ1) is 19.4. The van der Waals surface area contributed by atoms with Gasteiger partial charge in [0.15, 0.2) is 0 Å². The van der Waals surface area contributed by atoms with Crippen molar-refractivity contribution in [3.63, 3.8) is 0 Å². The molecule has 0 aromatic heterocycles. The van der Waals surface area contributed by atoms with Crippen LogP contribution >= 0.6 is 0 Å². The van der Waals surface area contributed by atoms with Crippen molar-refractivity contribution in [3.8, 4) is 0 Å². The van der Waals surface area contributed by atoms with Crippen molar-refractivity contribution in [3.05, 3.63) is 70.4 Å². The first-order valence-electron chi connectivity index (χ1n) is 15.8. The normalized spacial score (nSPS) is 17.5. The lowest BCUT2D eigenvalue weighted by molar-refractivity contribution is -0.148. The van der Waals surface area contributed by atoms with E-state index in [9.17, 15) is 9.59 Å². The van der Waals surface area contributed by atoms with Gasteiger partial charge >= 0.3 is 11.9 Å². The van der Waals surface area contributed by atoms with Gasteiger partial charge in [-0.3, -0.25) is 9.59 Å². The van der Waals surface area contributed by atoms with Crippen LogP contribution in [-0.4, -0.2) is 23.7 Å². The van der Waals surface area contributed by atoms with Gasteiger partial charge in [0.1, 0.15) is 0 Å². The second kappa shape index (κ2) is 21.1. The standard InChI is InChI=1S/C37H58O4/c1-28(2)12-8-14-30(5)16-10-17-32(7)20-21-34-24-33(19-11-18-31(6)15-9-13-29(3)4)25-35(26-34)27-41-37(40)23-22-36(38)39/h12-13,16,18,24,34-35H,7-11,14-15,17,19-23,25-27H2,1-6H3,(H,38,39)/b30-16+,31-18+. The number of carboxylic acids is 1. The predicted octanol–water partition coefficient (Wildman–Crippen LogP) is 10.6. The van der Waals surface area contributed by atoms with E-state index in [1.165, 1.54) is 33.4 Å². The van der Waals surface area contributed by atoms with Crippen LogP contribution in [0.2, 0.25) is 0 Å². The molecule has 2 atom stereocenters. The average molecular weight is 567 g/mol. The molecule has 4 heteroatoms. The lowest BCUT2D eigenvalue weighted by atomic mass is 9.79. The molecule has 1 aliphatic carbocycles. The van der Waals surface area contributed by atoms with Crippen LogP contribution in [0, 0.1) is 11.8 Å². The molecule has 1 aliphatic rings. The van der Waals surface area contributed by atoms with E-state index in [1.54, 1.807) is 0 Å². The minimum absolute atomic E-state index is 0.0618. The minimum atomic E-state index is -0.969. The Hall–Kier alpha value is -2.62. The first kappa shape index (κ1) is 36.4. The van der Waals surface area contributed by atoms with Crippen LogP contribution < -0.4 is 0 Å². The molecule has 1 rings (SSSR count). The number of carbonyl (C=O) groups is 2. The van der Waals surface area contributed by atoms with Crippen molar-refractivity contribution in [1.82, 2.24) is 0 Å². The Morgan fingerprint density at radius 1 is 0.829 bits per heavy atom. The Kier molecular flexibility index (Phi) is 18.8. The van der Waals surface area contributed by atoms with E-state index in [0.717, 1.165) is 77.0 Å². The Labute approximate surface area is 251 Å². The summed E-state index contributed by atoms with van der Waals surface area (Å²) in [5, 5.41) is 8.84. The molecule has 0 heterocycles. The van der Waals surface area contributed by atoms with E-state index in [2.05, 4.69) is 78.5 Å². The predicted molar refractivity (Wildman–Crippen MR) is 174 cm³/mol. The topological polar surface area (TPSA) is 63.6 Å². The summed E-state index contributed by atoms with van der Waals surface area (Å²) in [6, 6.07) is 0. The first-order valence-corrected chi connectivity index (χ1v) is 15.8. The fourth-order valence-corrected chi connectivity index (χ4v) is 5.28. The highest BCUT2D eigenvalue weighted by Gasteiger charge is 2.24. The van der Waals surface area contributed by atoms with Gasteiger partial charge in [-0.05, 0) is 130 Å². The quantitative estimate of drug-likeness (QED) is 0.118. The number of carboxylic acid groups (broad SMARTS) is 1. The third-order valence-corrected chi connectivity index (χ3v) is 7.68. The molecule has 0 saturated carbocycles. The van der Waals surface area contributed by atoms with Crippen LogP contribution in [0.3, 0.4) is 0 Å². The number of rotatable bonds is 20. The maximum absolute atomic E-state index is 12.0. The Balaban J connectivity index is 2.66. The van der Waals surface area contributed by atoms with E-state index in [1.807, 2.05) is 0 Å². The number of hydrogen-bond donors (Lipinski definition) is 1. The molecule has 41 heavy (non-hydrogen) atoms. The number of esters is 1. The molecule has 1 N–H and O–H groups in total. The largest absolute Gasteiger partial charge is 0.481 e. The Bertz CT molecular complexity index is 980. The number of carbonyl (C=O) groups excluding carboxylic acids is 1. The van der Waals surface area contributed by atoms with Gasteiger partial charge in [0.2, 0.25) is 0 Å². The van der Waals surface area contributed by atoms with E-state index in [0.29, 0.717) is 12.5 Å². The van der Waals surface area contributed by atoms with Crippen LogP contribution in [0.1, 0.15) is 131 Å². The summed E-state index contributed by atoms with van der Waals surface area (Å²) < 4.78 is 5.50. The highest BCUT2D eigenvalue weighted by Crippen LogP contribution is 2.34. The third-order valence-electron chi connectivity index (χ3n) is 7.68. The molecule has 0 aromatic carbocycles. The number of ether oxygens (including phenoxy) is 1. The zero-order chi connectivity index (χ0) is 30.6. The number of allylic oxidation sites excluding steroid dienone is 11. The summed E-state index contributed by atoms with van der Waals surface area (Å²) in [5.74, 6) is -0.630. The van der Waals surface area contributed by atoms with Crippen molar-refractivity contribution in [2.24, 2.45) is 11.8 Å². The lowest BCUT2D eigenvalue weighted by Crippen LogP contribution is -2.21. The molecule has 0 spiro atoms. The van der Waals surface area contributed by atoms with Crippen molar-refractivity contribution >= 4 is 11.9 Å². The summed E-state index contributed by atoms with van der Waals surface area (Å²) in [4.78, 5) is 22.8. The van der Waals surface area contributed by atoms with Crippen LogP contribution in [0.5, 0.6) is 0 Å². The SMILES string of the molecule is C=C(CC/C=C(\C)CCC=C(C)C)CCC1C=C(CC/C=C(\C)CCC=C(C)C)CC(COC(=O)CCC(=O)O)C1. The molecule has 0 fully saturated rings. The highest BCUT2D eigenvalue weighted by molar-refractivity contribution is 5.76. The molecular formula is C37H58O4. The molecule has 4 nitrogen and oxygen atoms in total. The maximum atomic E-state index is 12.0. The number of hydrogen-bond acceptors (Lipinski definition) is 3. The van der Waals surface area contributed by atoms with E-state index >= 15 is 0 Å². The molecule has 0 bridgehead atoms. The third kappa shape index (κ3) is 20.0. The average Bonchev–Trinajstić information content (AvgIpc) is 2.89. The monoisotopic (exact) mass is 566 g/mol. The van der Waals surface area contributed by atoms with Crippen LogP contribution in [0.4, 0.5) is 0 Å². The van der Waals surface area contributed by atoms with Crippen LogP contribution in [0.15, 0.2) is 70.4 Å². The molecule has 0 aliphatic heterocycles. The molecule has 0 aromatic rings. The molecule has 0 amide bonds. The lowest BCUT2D eigenvalue weighted by Gasteiger charge is -2.29. The second-order valence-corrected chi connectivity index (χ2v) is 12.6. The van der Waals surface area contributed by atoms with Gasteiger partial charge in [0.05, 0.1) is 19.4 Å². The van der Waals surface area contributed by atoms with Gasteiger partial charge < -0.3 is 9.84 Å². The Morgan fingerprint density at radius 3 is 2.00 bits per heavy atom. The van der Waals surface area contributed by atoms with Crippen molar-refractivity contribution in [2.75, 3.05) is 6.61 Å². The molecular weight excluding hydrogens is 508 g/mol. The molecule has 230 valence electrons. The highest BCUT2D eigenvalue weighted by atomic mass is 16.5. The Morgan fingerprint density at radius 2 is 1.41 bits per heavy atom. The fourth-order valence-electron chi connectivity index (χ4n) is 5.28. The van der Waals surface area contributed by atoms with Gasteiger partial charge in [-0.2, -0.15) is 0 Å². The van der Waals surface area contributed by atoms with E-state index in [4.69, 9.17) is 9.84 Å². The second-order valence-electron chi connectivity index (χ2n) is 12.6. The van der Waals surface area contributed by atoms with Crippen LogP contribution in [0.25, 0.3) is 0 Å². The summed E-state index contributed by atoms with van der Waals surface area (Å²) >= 11 is 0. The summed E-state index contributed by atoms with van der Waals surface area (Å²) in [6.45, 7) is 17.8. The molecule has 0 radical (unpaired) electrons. The smallest absolute Gasteiger partial charge is 0.306 e. The number of aliphatic carboxylic acids is 1. The summed E-state index contributed by atoms with van der Waals surface area (Å²) in [5.41, 5.74) is 8.42. The van der Waals surface area contributed by atoms with Crippen molar-refractivity contribution in [1.29, 1.82) is 0 Å². The van der Waals surface area contributed by atoms with Gasteiger partial charge in [-0.15, -0.1) is 0 Å². The zero-order valence-electron chi connectivity index (χ0n) is 27.0. The summed E-state index contributed by atoms with van der Waals surface area (Å²) in [7, 11) is 0. The maximum Gasteiger partial charge on any atom is 0.306 e. The van der Waals surface area contributed by atoms with Crippen molar-refractivity contribution in [2.45, 2.75) is 131 Å². The minimum Gasteiger partial charge on any atom is -0.481 e. The zero-order valence-corrected chi connectivity index (χ0v) is 27.0. The van der Waals surface area contributed by atoms with Gasteiger partial charge in [0.25, 0.3) is 0 Å². The molecule has 2 unspecified atom stereocenters. The van der Waals surface area contributed by atoms with Crippen LogP contribution in [-0.2, 0) is 14.3 Å². The summed E-state index contributed by atoms with van der Waals surface area (Å²) in [6.07, 6.45) is 24.2. The van der Waals surface area contributed by atoms with Gasteiger partial charge in [-0.25, -0.2) is 0 Å². The van der Waals surface area contributed by atoms with Crippen molar-refractivity contribution < 1.29 is 19.4 Å². The van der Waals surface area contributed by atoms with E-state index < -0.39 is 11.9 Å². The fraction of sp³-hybridized carbons (Fsp3) is 0.622. The molecule has 0 saturated heterocycles. The van der Waals surface area contributed by atoms with Gasteiger partial charge in [-0.1, -0.05) is 70.4 Å². The van der Waals surface area contributed by atoms with Gasteiger partial charge in [0, 0.05) is 0 Å².